The van der Waals surface area contributed by atoms with Crippen molar-refractivity contribution in [1.29, 1.82) is 5.26 Å². The molecule has 94 valence electrons. The zero-order valence-corrected chi connectivity index (χ0v) is 11.5. The van der Waals surface area contributed by atoms with Crippen LogP contribution in [0.1, 0.15) is 66.2 Å². The van der Waals surface area contributed by atoms with Crippen molar-refractivity contribution in [2.45, 2.75) is 71.8 Å². The highest BCUT2D eigenvalue weighted by Crippen LogP contribution is 2.21. The molecule has 0 aromatic carbocycles. The summed E-state index contributed by atoms with van der Waals surface area (Å²) in [7, 11) is 0. The summed E-state index contributed by atoms with van der Waals surface area (Å²) in [6.45, 7) is 9.60. The first-order valence-corrected chi connectivity index (χ1v) is 6.77. The fourth-order valence-electron chi connectivity index (χ4n) is 1.85. The van der Waals surface area contributed by atoms with Crippen LogP contribution in [0.3, 0.4) is 0 Å². The highest BCUT2D eigenvalue weighted by molar-refractivity contribution is 5.06. The van der Waals surface area contributed by atoms with Gasteiger partial charge < -0.3 is 0 Å². The number of nitrogens with zero attached hydrogens (tertiary/aromatic N) is 1. The van der Waals surface area contributed by atoms with Crippen molar-refractivity contribution in [3.8, 4) is 6.07 Å². The molecular weight excluding hydrogens is 196 g/mol. The van der Waals surface area contributed by atoms with Gasteiger partial charge in [-0.3, -0.25) is 5.32 Å². The number of nitriles is 1. The summed E-state index contributed by atoms with van der Waals surface area (Å²) in [5.74, 6) is 0.430. The van der Waals surface area contributed by atoms with Crippen molar-refractivity contribution in [2.75, 3.05) is 6.54 Å². The predicted molar refractivity (Wildman–Crippen MR) is 70.2 cm³/mol. The summed E-state index contributed by atoms with van der Waals surface area (Å²) in [5, 5.41) is 12.7. The van der Waals surface area contributed by atoms with E-state index in [9.17, 15) is 5.26 Å². The zero-order valence-electron chi connectivity index (χ0n) is 11.5. The molecule has 0 aliphatic heterocycles. The molecule has 0 spiro atoms. The predicted octanol–water partition coefficient (Wildman–Crippen LogP) is 3.87. The molecule has 0 radical (unpaired) electrons. The second-order valence-electron chi connectivity index (χ2n) is 4.99. The van der Waals surface area contributed by atoms with Crippen LogP contribution in [0.15, 0.2) is 0 Å². The minimum atomic E-state index is -0.344. The molecule has 2 nitrogen and oxygen atoms in total. The van der Waals surface area contributed by atoms with E-state index >= 15 is 0 Å². The Labute approximate surface area is 101 Å². The van der Waals surface area contributed by atoms with Crippen LogP contribution in [-0.2, 0) is 0 Å². The summed E-state index contributed by atoms with van der Waals surface area (Å²) in [6, 6.07) is 2.45. The first kappa shape index (κ1) is 15.4. The normalized spacial score (nSPS) is 16.4. The molecule has 0 bridgehead atoms. The van der Waals surface area contributed by atoms with Crippen LogP contribution in [0.2, 0.25) is 0 Å². The Hall–Kier alpha value is -0.550. The number of hydrogen-bond donors (Lipinski definition) is 1. The molecule has 1 N–H and O–H groups in total. The molecule has 0 rings (SSSR count). The van der Waals surface area contributed by atoms with Gasteiger partial charge in [-0.05, 0) is 32.2 Å². The number of hydrogen-bond acceptors (Lipinski definition) is 2. The highest BCUT2D eigenvalue weighted by Gasteiger charge is 2.29. The second kappa shape index (κ2) is 8.58. The molecule has 0 amide bonds. The Bertz CT molecular complexity index is 207. The molecular formula is C14H28N2. The topological polar surface area (TPSA) is 35.8 Å². The summed E-state index contributed by atoms with van der Waals surface area (Å²) < 4.78 is 0. The maximum Gasteiger partial charge on any atom is 0.106 e. The molecule has 0 aromatic rings. The SMILES string of the molecule is CCCCCNC(C)(C#N)C(C)CCCC. The van der Waals surface area contributed by atoms with Gasteiger partial charge in [0.1, 0.15) is 5.54 Å². The largest absolute Gasteiger partial charge is 0.299 e. The Balaban J connectivity index is 4.03. The summed E-state index contributed by atoms with van der Waals surface area (Å²) in [5.41, 5.74) is -0.344. The van der Waals surface area contributed by atoms with Crippen molar-refractivity contribution >= 4 is 0 Å². The van der Waals surface area contributed by atoms with E-state index < -0.39 is 0 Å². The standard InChI is InChI=1S/C14H28N2/c1-5-7-9-11-16-14(4,12-15)13(3)10-8-6-2/h13,16H,5-11H2,1-4H3. The first-order chi connectivity index (χ1) is 7.60. The maximum absolute atomic E-state index is 9.30. The molecule has 0 fully saturated rings. The summed E-state index contributed by atoms with van der Waals surface area (Å²) in [4.78, 5) is 0. The highest BCUT2D eigenvalue weighted by atomic mass is 15.0. The molecule has 0 aliphatic carbocycles. The number of rotatable bonds is 9. The van der Waals surface area contributed by atoms with Gasteiger partial charge in [-0.2, -0.15) is 5.26 Å². The van der Waals surface area contributed by atoms with E-state index in [0.717, 1.165) is 13.0 Å². The van der Waals surface area contributed by atoms with Crippen LogP contribution in [0.25, 0.3) is 0 Å². The van der Waals surface area contributed by atoms with E-state index in [1.807, 2.05) is 6.92 Å². The second-order valence-corrected chi connectivity index (χ2v) is 4.99. The third kappa shape index (κ3) is 5.51. The molecule has 0 saturated heterocycles. The number of nitrogens with one attached hydrogen (secondary N) is 1. The molecule has 0 aromatic heterocycles. The Morgan fingerprint density at radius 2 is 1.81 bits per heavy atom. The minimum Gasteiger partial charge on any atom is -0.299 e. The lowest BCUT2D eigenvalue weighted by molar-refractivity contribution is 0.294. The fourth-order valence-corrected chi connectivity index (χ4v) is 1.85. The van der Waals surface area contributed by atoms with Gasteiger partial charge in [-0.1, -0.05) is 46.5 Å². The molecule has 0 heterocycles. The van der Waals surface area contributed by atoms with Gasteiger partial charge in [-0.15, -0.1) is 0 Å². The van der Waals surface area contributed by atoms with Crippen LogP contribution >= 0.6 is 0 Å². The maximum atomic E-state index is 9.30. The van der Waals surface area contributed by atoms with Gasteiger partial charge in [0.05, 0.1) is 6.07 Å². The lowest BCUT2D eigenvalue weighted by Gasteiger charge is -2.30. The third-order valence-electron chi connectivity index (χ3n) is 3.48. The van der Waals surface area contributed by atoms with Crippen LogP contribution in [0.4, 0.5) is 0 Å². The van der Waals surface area contributed by atoms with Crippen molar-refractivity contribution in [2.24, 2.45) is 5.92 Å². The molecule has 0 saturated carbocycles. The van der Waals surface area contributed by atoms with E-state index in [-0.39, 0.29) is 5.54 Å². The lowest BCUT2D eigenvalue weighted by atomic mass is 9.84. The van der Waals surface area contributed by atoms with Gasteiger partial charge in [0, 0.05) is 0 Å². The van der Waals surface area contributed by atoms with Gasteiger partial charge >= 0.3 is 0 Å². The van der Waals surface area contributed by atoms with E-state index in [1.165, 1.54) is 32.1 Å². The van der Waals surface area contributed by atoms with Crippen molar-refractivity contribution in [1.82, 2.24) is 5.32 Å². The van der Waals surface area contributed by atoms with Crippen LogP contribution in [0.5, 0.6) is 0 Å². The lowest BCUT2D eigenvalue weighted by Crippen LogP contribution is -2.47. The Morgan fingerprint density at radius 3 is 2.31 bits per heavy atom. The molecule has 16 heavy (non-hydrogen) atoms. The van der Waals surface area contributed by atoms with Gasteiger partial charge in [0.15, 0.2) is 0 Å². The number of unbranched alkanes of at least 4 members (excludes halogenated alkanes) is 3. The molecule has 2 atom stereocenters. The first-order valence-electron chi connectivity index (χ1n) is 6.77. The van der Waals surface area contributed by atoms with Crippen LogP contribution in [-0.4, -0.2) is 12.1 Å². The molecule has 2 unspecified atom stereocenters. The summed E-state index contributed by atoms with van der Waals surface area (Å²) >= 11 is 0. The smallest absolute Gasteiger partial charge is 0.106 e. The monoisotopic (exact) mass is 224 g/mol. The van der Waals surface area contributed by atoms with E-state index in [4.69, 9.17) is 0 Å². The zero-order chi connectivity index (χ0) is 12.4. The average molecular weight is 224 g/mol. The van der Waals surface area contributed by atoms with Crippen molar-refractivity contribution in [3.63, 3.8) is 0 Å². The van der Waals surface area contributed by atoms with Crippen molar-refractivity contribution in [3.05, 3.63) is 0 Å². The third-order valence-corrected chi connectivity index (χ3v) is 3.48. The Morgan fingerprint density at radius 1 is 1.19 bits per heavy atom. The van der Waals surface area contributed by atoms with Crippen LogP contribution in [0, 0.1) is 17.2 Å². The van der Waals surface area contributed by atoms with Crippen molar-refractivity contribution < 1.29 is 0 Å². The Kier molecular flexibility index (Phi) is 8.29. The summed E-state index contributed by atoms with van der Waals surface area (Å²) in [6.07, 6.45) is 7.22. The van der Waals surface area contributed by atoms with E-state index in [1.54, 1.807) is 0 Å². The molecule has 0 aliphatic rings. The minimum absolute atomic E-state index is 0.344. The van der Waals surface area contributed by atoms with Crippen LogP contribution < -0.4 is 5.32 Å². The fraction of sp³-hybridized carbons (Fsp3) is 0.929. The van der Waals surface area contributed by atoms with E-state index in [2.05, 4.69) is 32.2 Å². The van der Waals surface area contributed by atoms with Gasteiger partial charge in [-0.25, -0.2) is 0 Å². The quantitative estimate of drug-likeness (QED) is 0.603. The average Bonchev–Trinajstić information content (AvgIpc) is 2.31. The van der Waals surface area contributed by atoms with Gasteiger partial charge in [0.2, 0.25) is 0 Å². The van der Waals surface area contributed by atoms with E-state index in [0.29, 0.717) is 5.92 Å². The van der Waals surface area contributed by atoms with Gasteiger partial charge in [0.25, 0.3) is 0 Å². The molecule has 2 heteroatoms.